The number of halogens is 3. The molecule has 6 heteroatoms. The fourth-order valence-electron chi connectivity index (χ4n) is 4.11. The Hall–Kier alpha value is -1.72. The molecule has 0 heterocycles. The molecule has 4 atom stereocenters. The van der Waals surface area contributed by atoms with Gasteiger partial charge < -0.3 is 10.1 Å². The number of fused-ring (bicyclic) bond motifs is 2. The maximum atomic E-state index is 12.2. The SMILES string of the molecule is C[C@@H](NC(=O)c1ccc(OC(F)(F)F)cc1)[C@@H]1C[C@H]2CC[C@H]1C2. The number of hydrogen-bond acceptors (Lipinski definition) is 2. The highest BCUT2D eigenvalue weighted by molar-refractivity contribution is 5.94. The highest BCUT2D eigenvalue weighted by atomic mass is 19.4. The number of hydrogen-bond donors (Lipinski definition) is 1. The summed E-state index contributed by atoms with van der Waals surface area (Å²) in [5.41, 5.74) is 0.342. The summed E-state index contributed by atoms with van der Waals surface area (Å²) in [5, 5.41) is 2.99. The van der Waals surface area contributed by atoms with E-state index >= 15 is 0 Å². The third-order valence-electron chi connectivity index (χ3n) is 5.14. The topological polar surface area (TPSA) is 38.3 Å². The lowest BCUT2D eigenvalue weighted by Gasteiger charge is -2.28. The average molecular weight is 327 g/mol. The summed E-state index contributed by atoms with van der Waals surface area (Å²) in [6, 6.07) is 5.10. The molecule has 0 aliphatic heterocycles. The zero-order valence-corrected chi connectivity index (χ0v) is 12.9. The quantitative estimate of drug-likeness (QED) is 0.902. The number of benzene rings is 1. The lowest BCUT2D eigenvalue weighted by Crippen LogP contribution is -2.40. The molecule has 1 aromatic carbocycles. The van der Waals surface area contributed by atoms with Gasteiger partial charge in [-0.1, -0.05) is 6.42 Å². The van der Waals surface area contributed by atoms with Crippen molar-refractivity contribution >= 4 is 5.91 Å². The molecule has 2 aliphatic rings. The van der Waals surface area contributed by atoms with Crippen molar-refractivity contribution in [2.24, 2.45) is 17.8 Å². The van der Waals surface area contributed by atoms with Gasteiger partial charge in [-0.05, 0) is 68.2 Å². The second-order valence-electron chi connectivity index (χ2n) is 6.67. The molecule has 0 saturated heterocycles. The molecule has 0 spiro atoms. The van der Waals surface area contributed by atoms with Gasteiger partial charge in [0.15, 0.2) is 0 Å². The minimum Gasteiger partial charge on any atom is -0.406 e. The van der Waals surface area contributed by atoms with Gasteiger partial charge in [0.05, 0.1) is 0 Å². The molecule has 23 heavy (non-hydrogen) atoms. The monoisotopic (exact) mass is 327 g/mol. The maximum Gasteiger partial charge on any atom is 0.573 e. The van der Waals surface area contributed by atoms with Crippen molar-refractivity contribution in [2.75, 3.05) is 0 Å². The summed E-state index contributed by atoms with van der Waals surface area (Å²) in [5.74, 6) is 1.46. The molecule has 126 valence electrons. The number of carbonyl (C=O) groups is 1. The molecule has 0 unspecified atom stereocenters. The number of ether oxygens (including phenoxy) is 1. The lowest BCUT2D eigenvalue weighted by atomic mass is 9.84. The van der Waals surface area contributed by atoms with Gasteiger partial charge in [-0.2, -0.15) is 0 Å². The van der Waals surface area contributed by atoms with Crippen LogP contribution in [0.5, 0.6) is 5.75 Å². The first-order valence-electron chi connectivity index (χ1n) is 7.98. The zero-order chi connectivity index (χ0) is 16.6. The molecule has 3 nitrogen and oxygen atoms in total. The molecule has 1 amide bonds. The standard InChI is InChI=1S/C17H20F3NO2/c1-10(15-9-11-2-3-13(15)8-11)21-16(22)12-4-6-14(7-5-12)23-17(18,19)20/h4-7,10-11,13,15H,2-3,8-9H2,1H3,(H,21,22)/t10-,11+,13+,15+/m1/s1. The van der Waals surface area contributed by atoms with Gasteiger partial charge >= 0.3 is 6.36 Å². The molecular formula is C17H20F3NO2. The smallest absolute Gasteiger partial charge is 0.406 e. The third-order valence-corrected chi connectivity index (χ3v) is 5.14. The van der Waals surface area contributed by atoms with Gasteiger partial charge in [0.2, 0.25) is 0 Å². The first-order valence-corrected chi connectivity index (χ1v) is 7.98. The van der Waals surface area contributed by atoms with Crippen LogP contribution in [0.15, 0.2) is 24.3 Å². The largest absolute Gasteiger partial charge is 0.573 e. The third kappa shape index (κ3) is 3.79. The van der Waals surface area contributed by atoms with E-state index in [1.54, 1.807) is 0 Å². The van der Waals surface area contributed by atoms with Crippen LogP contribution in [0.25, 0.3) is 0 Å². The number of amides is 1. The Morgan fingerprint density at radius 2 is 1.91 bits per heavy atom. The predicted octanol–water partition coefficient (Wildman–Crippen LogP) is 4.14. The van der Waals surface area contributed by atoms with E-state index in [-0.39, 0.29) is 17.7 Å². The molecule has 2 aliphatic carbocycles. The van der Waals surface area contributed by atoms with Crippen molar-refractivity contribution in [1.29, 1.82) is 0 Å². The number of alkyl halides is 3. The van der Waals surface area contributed by atoms with E-state index in [0.717, 1.165) is 18.1 Å². The molecule has 2 fully saturated rings. The van der Waals surface area contributed by atoms with Crippen LogP contribution in [0.4, 0.5) is 13.2 Å². The Kier molecular flexibility index (Phi) is 4.25. The highest BCUT2D eigenvalue weighted by Gasteiger charge is 2.42. The fourth-order valence-corrected chi connectivity index (χ4v) is 4.11. The Labute approximate surface area is 133 Å². The van der Waals surface area contributed by atoms with Crippen LogP contribution in [-0.2, 0) is 0 Å². The Morgan fingerprint density at radius 3 is 2.43 bits per heavy atom. The molecule has 1 aromatic rings. The van der Waals surface area contributed by atoms with Crippen LogP contribution in [-0.4, -0.2) is 18.3 Å². The average Bonchev–Trinajstić information content (AvgIpc) is 3.08. The van der Waals surface area contributed by atoms with Crippen LogP contribution in [0.1, 0.15) is 43.0 Å². The molecule has 2 saturated carbocycles. The Morgan fingerprint density at radius 1 is 1.22 bits per heavy atom. The van der Waals surface area contributed by atoms with Crippen LogP contribution >= 0.6 is 0 Å². The summed E-state index contributed by atoms with van der Waals surface area (Å²) in [4.78, 5) is 12.2. The van der Waals surface area contributed by atoms with Crippen LogP contribution < -0.4 is 10.1 Å². The van der Waals surface area contributed by atoms with Gasteiger partial charge in [-0.15, -0.1) is 13.2 Å². The second kappa shape index (κ2) is 6.06. The highest BCUT2D eigenvalue weighted by Crippen LogP contribution is 2.49. The number of rotatable bonds is 4. The second-order valence-corrected chi connectivity index (χ2v) is 6.67. The van der Waals surface area contributed by atoms with E-state index in [1.807, 2.05) is 6.92 Å². The zero-order valence-electron chi connectivity index (χ0n) is 12.9. The van der Waals surface area contributed by atoms with Crippen molar-refractivity contribution in [3.63, 3.8) is 0 Å². The maximum absolute atomic E-state index is 12.2. The fraction of sp³-hybridized carbons (Fsp3) is 0.588. The summed E-state index contributed by atoms with van der Waals surface area (Å²) in [7, 11) is 0. The van der Waals surface area contributed by atoms with Crippen LogP contribution in [0.2, 0.25) is 0 Å². The van der Waals surface area contributed by atoms with Crippen LogP contribution in [0.3, 0.4) is 0 Å². The minimum atomic E-state index is -4.72. The molecule has 0 radical (unpaired) electrons. The van der Waals surface area contributed by atoms with Gasteiger partial charge in [-0.25, -0.2) is 0 Å². The van der Waals surface area contributed by atoms with Crippen molar-refractivity contribution in [2.45, 2.75) is 45.0 Å². The molecule has 0 aromatic heterocycles. The van der Waals surface area contributed by atoms with Crippen molar-refractivity contribution in [3.8, 4) is 5.75 Å². The molecule has 2 bridgehead atoms. The first kappa shape index (κ1) is 16.1. The van der Waals surface area contributed by atoms with Crippen molar-refractivity contribution < 1.29 is 22.7 Å². The summed E-state index contributed by atoms with van der Waals surface area (Å²) < 4.78 is 40.2. The van der Waals surface area contributed by atoms with E-state index in [4.69, 9.17) is 0 Å². The molecular weight excluding hydrogens is 307 g/mol. The Bertz CT molecular complexity index is 570. The van der Waals surface area contributed by atoms with Gasteiger partial charge in [0.25, 0.3) is 5.91 Å². The van der Waals surface area contributed by atoms with Gasteiger partial charge in [0, 0.05) is 11.6 Å². The van der Waals surface area contributed by atoms with E-state index in [1.165, 1.54) is 37.8 Å². The van der Waals surface area contributed by atoms with Crippen molar-refractivity contribution in [3.05, 3.63) is 29.8 Å². The van der Waals surface area contributed by atoms with Gasteiger partial charge in [0.1, 0.15) is 5.75 Å². The normalized spacial score (nSPS) is 27.7. The van der Waals surface area contributed by atoms with E-state index < -0.39 is 6.36 Å². The van der Waals surface area contributed by atoms with E-state index in [9.17, 15) is 18.0 Å². The summed E-state index contributed by atoms with van der Waals surface area (Å²) >= 11 is 0. The summed E-state index contributed by atoms with van der Waals surface area (Å²) in [6.07, 6.45) is 0.278. The molecule has 3 rings (SSSR count). The summed E-state index contributed by atoms with van der Waals surface area (Å²) in [6.45, 7) is 2.02. The Balaban J connectivity index is 1.57. The van der Waals surface area contributed by atoms with E-state index in [0.29, 0.717) is 17.4 Å². The predicted molar refractivity (Wildman–Crippen MR) is 79.0 cm³/mol. The van der Waals surface area contributed by atoms with E-state index in [2.05, 4.69) is 10.1 Å². The minimum absolute atomic E-state index is 0.0869. The molecule has 1 N–H and O–H groups in total. The number of carbonyl (C=O) groups excluding carboxylic acids is 1. The van der Waals surface area contributed by atoms with Gasteiger partial charge in [-0.3, -0.25) is 4.79 Å². The number of nitrogens with one attached hydrogen (secondary N) is 1. The lowest BCUT2D eigenvalue weighted by molar-refractivity contribution is -0.274. The van der Waals surface area contributed by atoms with Crippen LogP contribution in [0, 0.1) is 17.8 Å². The van der Waals surface area contributed by atoms with Crippen molar-refractivity contribution in [1.82, 2.24) is 5.32 Å². The first-order chi connectivity index (χ1) is 10.8.